The molecule has 2 aromatic carbocycles. The first-order valence-electron chi connectivity index (χ1n) is 15.8. The Labute approximate surface area is 262 Å². The second-order valence-corrected chi connectivity index (χ2v) is 12.2. The van der Waals surface area contributed by atoms with Crippen LogP contribution in [0.2, 0.25) is 0 Å². The summed E-state index contributed by atoms with van der Waals surface area (Å²) in [6, 6.07) is 25.5. The summed E-state index contributed by atoms with van der Waals surface area (Å²) in [6.45, 7) is 8.90. The molecule has 4 heteroatoms. The number of fused-ring (bicyclic) bond motifs is 1. The van der Waals surface area contributed by atoms with Crippen LogP contribution in [-0.2, 0) is 20.1 Å². The van der Waals surface area contributed by atoms with Gasteiger partial charge in [-0.3, -0.25) is 0 Å². The largest absolute Gasteiger partial charge is 0.392 e. The van der Waals surface area contributed by atoms with Gasteiger partial charge in [-0.15, -0.1) is 35.9 Å². The molecule has 1 aromatic heterocycles. The first-order chi connectivity index (χ1) is 19.4. The summed E-state index contributed by atoms with van der Waals surface area (Å²) in [5.41, 5.74) is 4.35. The number of hydrogen-bond acceptors (Lipinski definition) is 3. The van der Waals surface area contributed by atoms with Crippen LogP contribution in [0, 0.1) is 28.7 Å². The zero-order chi connectivity index (χ0) is 28.6. The fourth-order valence-corrected chi connectivity index (χ4v) is 7.71. The normalized spacial score (nSPS) is 24.8. The summed E-state index contributed by atoms with van der Waals surface area (Å²) in [6.07, 6.45) is 12.5. The molecule has 0 bridgehead atoms. The molecule has 0 saturated heterocycles. The van der Waals surface area contributed by atoms with Crippen molar-refractivity contribution in [2.45, 2.75) is 104 Å². The van der Waals surface area contributed by atoms with E-state index in [1.807, 2.05) is 54.7 Å². The van der Waals surface area contributed by atoms with Gasteiger partial charge in [0.25, 0.3) is 0 Å². The van der Waals surface area contributed by atoms with Crippen molar-refractivity contribution in [1.82, 2.24) is 4.98 Å². The Kier molecular flexibility index (Phi) is 12.8. The average molecular weight is 733 g/mol. The van der Waals surface area contributed by atoms with E-state index in [9.17, 15) is 10.2 Å². The number of benzene rings is 2. The fraction of sp³-hybridized carbons (Fsp3) is 0.541. The number of hydrogen-bond donors (Lipinski definition) is 2. The van der Waals surface area contributed by atoms with E-state index in [0.29, 0.717) is 5.92 Å². The van der Waals surface area contributed by atoms with Gasteiger partial charge < -0.3 is 15.2 Å². The van der Waals surface area contributed by atoms with Crippen LogP contribution in [0.3, 0.4) is 0 Å². The van der Waals surface area contributed by atoms with Crippen molar-refractivity contribution in [2.24, 2.45) is 22.7 Å². The molecule has 2 fully saturated rings. The number of rotatable bonds is 6. The molecule has 1 heterocycles. The van der Waals surface area contributed by atoms with E-state index >= 15 is 0 Å². The minimum atomic E-state index is -0.333. The van der Waals surface area contributed by atoms with Gasteiger partial charge in [0.15, 0.2) is 0 Å². The molecule has 2 aliphatic carbocycles. The van der Waals surface area contributed by atoms with Crippen molar-refractivity contribution in [2.75, 3.05) is 0 Å². The minimum Gasteiger partial charge on any atom is -0.392 e. The molecule has 2 atom stereocenters. The third kappa shape index (κ3) is 7.39. The van der Waals surface area contributed by atoms with Gasteiger partial charge in [-0.1, -0.05) is 83.0 Å². The molecule has 0 amide bonds. The first kappa shape index (κ1) is 33.7. The van der Waals surface area contributed by atoms with Gasteiger partial charge in [0, 0.05) is 32.2 Å². The number of nitrogens with zero attached hydrogens (tertiary/aromatic N) is 1. The molecular formula is C37H50IrNO2-. The van der Waals surface area contributed by atoms with E-state index in [1.54, 1.807) is 0 Å². The fourth-order valence-electron chi connectivity index (χ4n) is 7.71. The van der Waals surface area contributed by atoms with Crippen molar-refractivity contribution < 1.29 is 30.3 Å². The standard InChI is InChI=1S/C20H38O2.C17H12N.Ir/c1-5-19(6-2)13-9-11-15-12-10-14-20(7-3,8-4)18(22)16(15)17(19)21;1-3-7-14(8-4-1)16-11-12-17(18-13-16)15-9-5-2-6-10-15;/h15-18,21-22H,5-14H2,1-4H3;1-9,11-13H;/q;-1;. The molecule has 0 spiro atoms. The second-order valence-electron chi connectivity index (χ2n) is 12.2. The zero-order valence-electron chi connectivity index (χ0n) is 25.5. The van der Waals surface area contributed by atoms with E-state index in [0.717, 1.165) is 55.3 Å². The molecule has 3 aromatic rings. The van der Waals surface area contributed by atoms with Crippen LogP contribution < -0.4 is 0 Å². The van der Waals surface area contributed by atoms with Gasteiger partial charge in [-0.2, -0.15) is 0 Å². The summed E-state index contributed by atoms with van der Waals surface area (Å²) in [5.74, 6) is 0.606. The summed E-state index contributed by atoms with van der Waals surface area (Å²) in [5, 5.41) is 22.7. The summed E-state index contributed by atoms with van der Waals surface area (Å²) in [4.78, 5) is 4.49. The van der Waals surface area contributed by atoms with Gasteiger partial charge in [-0.25, -0.2) is 0 Å². The molecule has 1 radical (unpaired) electrons. The molecule has 2 N–H and O–H groups in total. The predicted molar refractivity (Wildman–Crippen MR) is 167 cm³/mol. The Hall–Kier alpha value is -1.84. The summed E-state index contributed by atoms with van der Waals surface area (Å²) < 4.78 is 0. The minimum absolute atomic E-state index is 0. The predicted octanol–water partition coefficient (Wildman–Crippen LogP) is 9.13. The summed E-state index contributed by atoms with van der Waals surface area (Å²) in [7, 11) is 0. The van der Waals surface area contributed by atoms with Crippen LogP contribution in [0.25, 0.3) is 22.4 Å². The van der Waals surface area contributed by atoms with E-state index in [1.165, 1.54) is 31.2 Å². The topological polar surface area (TPSA) is 53.4 Å². The molecular weight excluding hydrogens is 683 g/mol. The molecule has 2 saturated carbocycles. The number of aliphatic hydroxyl groups is 2. The van der Waals surface area contributed by atoms with Crippen molar-refractivity contribution in [3.63, 3.8) is 0 Å². The first-order valence-corrected chi connectivity index (χ1v) is 15.8. The maximum Gasteiger partial charge on any atom is 0.0651 e. The van der Waals surface area contributed by atoms with E-state index in [4.69, 9.17) is 0 Å². The molecule has 225 valence electrons. The van der Waals surface area contributed by atoms with Gasteiger partial charge >= 0.3 is 0 Å². The van der Waals surface area contributed by atoms with Crippen molar-refractivity contribution in [3.05, 3.63) is 79.0 Å². The van der Waals surface area contributed by atoms with E-state index in [2.05, 4.69) is 56.9 Å². The van der Waals surface area contributed by atoms with Crippen molar-refractivity contribution in [3.8, 4) is 22.4 Å². The number of aromatic nitrogens is 1. The van der Waals surface area contributed by atoms with Gasteiger partial charge in [0.2, 0.25) is 0 Å². The Morgan fingerprint density at radius 3 is 1.76 bits per heavy atom. The molecule has 2 aliphatic rings. The molecule has 2 unspecified atom stereocenters. The SMILES string of the molecule is CCC1(CC)CCCC2CCCC(CC)(CC)C(O)C2C1O.[Ir].[c-]1ccccc1-c1ccc(-c2ccccc2)cn1. The smallest absolute Gasteiger partial charge is 0.0651 e. The number of aliphatic hydroxyl groups excluding tert-OH is 2. The van der Waals surface area contributed by atoms with Crippen LogP contribution >= 0.6 is 0 Å². The molecule has 3 nitrogen and oxygen atoms in total. The quantitative estimate of drug-likeness (QED) is 0.249. The maximum atomic E-state index is 11.4. The van der Waals surface area contributed by atoms with E-state index in [-0.39, 0.29) is 49.1 Å². The van der Waals surface area contributed by atoms with E-state index < -0.39 is 0 Å². The van der Waals surface area contributed by atoms with Gasteiger partial charge in [0.1, 0.15) is 0 Å². The van der Waals surface area contributed by atoms with Gasteiger partial charge in [0.05, 0.1) is 12.2 Å². The Morgan fingerprint density at radius 1 is 0.732 bits per heavy atom. The average Bonchev–Trinajstić information content (AvgIpc) is 3.25. The third-order valence-corrected chi connectivity index (χ3v) is 10.7. The molecule has 5 rings (SSSR count). The monoisotopic (exact) mass is 733 g/mol. The third-order valence-electron chi connectivity index (χ3n) is 10.7. The Bertz CT molecular complexity index is 1050. The van der Waals surface area contributed by atoms with Crippen LogP contribution in [-0.4, -0.2) is 27.4 Å². The Balaban J connectivity index is 0.000000224. The summed E-state index contributed by atoms with van der Waals surface area (Å²) >= 11 is 0. The zero-order valence-corrected chi connectivity index (χ0v) is 27.9. The maximum absolute atomic E-state index is 11.4. The number of pyridine rings is 1. The second kappa shape index (κ2) is 15.6. The molecule has 0 aliphatic heterocycles. The van der Waals surface area contributed by atoms with Crippen LogP contribution in [0.1, 0.15) is 91.9 Å². The van der Waals surface area contributed by atoms with Crippen molar-refractivity contribution >= 4 is 0 Å². The van der Waals surface area contributed by atoms with Crippen LogP contribution in [0.5, 0.6) is 0 Å². The van der Waals surface area contributed by atoms with Crippen LogP contribution in [0.4, 0.5) is 0 Å². The van der Waals surface area contributed by atoms with Crippen LogP contribution in [0.15, 0.2) is 72.9 Å². The molecule has 41 heavy (non-hydrogen) atoms. The Morgan fingerprint density at radius 2 is 1.29 bits per heavy atom. The van der Waals surface area contributed by atoms with Crippen molar-refractivity contribution in [1.29, 1.82) is 0 Å². The van der Waals surface area contributed by atoms with Gasteiger partial charge in [-0.05, 0) is 84.9 Å².